The van der Waals surface area contributed by atoms with Gasteiger partial charge in [-0.3, -0.25) is 0 Å². The Hall–Kier alpha value is -1.77. The van der Waals surface area contributed by atoms with E-state index in [1.807, 2.05) is 6.07 Å². The molecule has 1 aliphatic heterocycles. The molecule has 0 spiro atoms. The number of hydrogen-bond donors (Lipinski definition) is 1. The van der Waals surface area contributed by atoms with E-state index in [1.54, 1.807) is 6.08 Å². The number of rotatable bonds is 6. The van der Waals surface area contributed by atoms with Gasteiger partial charge in [-0.2, -0.15) is 0 Å². The maximum absolute atomic E-state index is 10.6. The van der Waals surface area contributed by atoms with Gasteiger partial charge in [0.25, 0.3) is 0 Å². The van der Waals surface area contributed by atoms with E-state index in [9.17, 15) is 4.79 Å². The lowest BCUT2D eigenvalue weighted by Crippen LogP contribution is -2.30. The highest BCUT2D eigenvalue weighted by Gasteiger charge is 2.16. The Morgan fingerprint density at radius 3 is 3.00 bits per heavy atom. The molecule has 0 amide bonds. The number of hydrogen-bond acceptors (Lipinski definition) is 2. The van der Waals surface area contributed by atoms with Gasteiger partial charge in [-0.15, -0.1) is 0 Å². The lowest BCUT2D eigenvalue weighted by Gasteiger charge is -2.31. The zero-order chi connectivity index (χ0) is 14.4. The molecule has 1 aromatic rings. The van der Waals surface area contributed by atoms with Crippen molar-refractivity contribution in [2.24, 2.45) is 0 Å². The van der Waals surface area contributed by atoms with E-state index in [0.717, 1.165) is 25.1 Å². The summed E-state index contributed by atoms with van der Waals surface area (Å²) in [5.41, 5.74) is 3.65. The molecule has 1 aromatic carbocycles. The third-order valence-electron chi connectivity index (χ3n) is 3.77. The molecule has 0 saturated carbocycles. The van der Waals surface area contributed by atoms with E-state index in [2.05, 4.69) is 24.0 Å². The van der Waals surface area contributed by atoms with Crippen LogP contribution in [-0.2, 0) is 11.2 Å². The van der Waals surface area contributed by atoms with Crippen LogP contribution in [0.1, 0.15) is 43.7 Å². The molecule has 0 radical (unpaired) electrons. The zero-order valence-corrected chi connectivity index (χ0v) is 12.1. The van der Waals surface area contributed by atoms with Gasteiger partial charge in [0.1, 0.15) is 0 Å². The van der Waals surface area contributed by atoms with Crippen LogP contribution in [-0.4, -0.2) is 24.2 Å². The molecule has 2 rings (SSSR count). The Kier molecular flexibility index (Phi) is 5.22. The number of carboxylic acid groups (broad SMARTS) is 1. The summed E-state index contributed by atoms with van der Waals surface area (Å²) in [5.74, 6) is -0.899. The minimum atomic E-state index is -0.899. The third kappa shape index (κ3) is 3.86. The van der Waals surface area contributed by atoms with Gasteiger partial charge in [-0.1, -0.05) is 25.8 Å². The average Bonchev–Trinajstić information content (AvgIpc) is 2.45. The normalized spacial score (nSPS) is 14.6. The quantitative estimate of drug-likeness (QED) is 0.634. The van der Waals surface area contributed by atoms with Gasteiger partial charge < -0.3 is 10.0 Å². The predicted molar refractivity (Wildman–Crippen MR) is 83.2 cm³/mol. The summed E-state index contributed by atoms with van der Waals surface area (Å²) in [6, 6.07) is 6.28. The van der Waals surface area contributed by atoms with Gasteiger partial charge in [0.05, 0.1) is 0 Å². The average molecular weight is 273 g/mol. The number of carbonyl (C=O) groups is 1. The van der Waals surface area contributed by atoms with Crippen LogP contribution in [0.2, 0.25) is 0 Å². The summed E-state index contributed by atoms with van der Waals surface area (Å²) in [5, 5.41) is 8.68. The number of carboxylic acids is 1. The minimum absolute atomic E-state index is 0.899. The molecule has 3 heteroatoms. The van der Waals surface area contributed by atoms with Crippen LogP contribution >= 0.6 is 0 Å². The van der Waals surface area contributed by atoms with Crippen molar-refractivity contribution in [1.29, 1.82) is 0 Å². The number of aryl methyl sites for hydroxylation is 1. The summed E-state index contributed by atoms with van der Waals surface area (Å²) < 4.78 is 0. The standard InChI is InChI=1S/C17H23NO2/c1-2-3-4-11-18-12-5-6-15-13-14(7-9-16(15)18)8-10-17(19)20/h7-10,13H,2-6,11-12H2,1H3,(H,19,20). The maximum Gasteiger partial charge on any atom is 0.328 e. The van der Waals surface area contributed by atoms with Gasteiger partial charge in [0.15, 0.2) is 0 Å². The van der Waals surface area contributed by atoms with Crippen molar-refractivity contribution in [2.45, 2.75) is 39.0 Å². The molecular formula is C17H23NO2. The van der Waals surface area contributed by atoms with Crippen LogP contribution in [0.3, 0.4) is 0 Å². The Morgan fingerprint density at radius 2 is 2.25 bits per heavy atom. The fourth-order valence-corrected chi connectivity index (χ4v) is 2.75. The van der Waals surface area contributed by atoms with Crippen molar-refractivity contribution in [2.75, 3.05) is 18.0 Å². The summed E-state index contributed by atoms with van der Waals surface area (Å²) >= 11 is 0. The molecule has 1 heterocycles. The predicted octanol–water partition coefficient (Wildman–Crippen LogP) is 3.73. The first-order chi connectivity index (χ1) is 9.70. The van der Waals surface area contributed by atoms with E-state index < -0.39 is 5.97 Å². The zero-order valence-electron chi connectivity index (χ0n) is 12.1. The van der Waals surface area contributed by atoms with E-state index in [-0.39, 0.29) is 0 Å². The summed E-state index contributed by atoms with van der Waals surface area (Å²) in [4.78, 5) is 13.0. The SMILES string of the molecule is CCCCCN1CCCc2cc(C=CC(=O)O)ccc21. The third-order valence-corrected chi connectivity index (χ3v) is 3.77. The highest BCUT2D eigenvalue weighted by Crippen LogP contribution is 2.28. The second kappa shape index (κ2) is 7.13. The molecule has 0 aliphatic carbocycles. The number of anilines is 1. The Morgan fingerprint density at radius 1 is 1.40 bits per heavy atom. The maximum atomic E-state index is 10.6. The van der Waals surface area contributed by atoms with E-state index in [4.69, 9.17) is 5.11 Å². The first-order valence-electron chi connectivity index (χ1n) is 7.49. The number of fused-ring (bicyclic) bond motifs is 1. The van der Waals surface area contributed by atoms with Crippen molar-refractivity contribution in [3.05, 3.63) is 35.4 Å². The minimum Gasteiger partial charge on any atom is -0.478 e. The number of unbranched alkanes of at least 4 members (excludes halogenated alkanes) is 2. The Labute approximate surface area is 120 Å². The van der Waals surface area contributed by atoms with Crippen LogP contribution in [0.25, 0.3) is 6.08 Å². The van der Waals surface area contributed by atoms with Gasteiger partial charge in [-0.05, 0) is 48.6 Å². The van der Waals surface area contributed by atoms with Crippen molar-refractivity contribution in [1.82, 2.24) is 0 Å². The van der Waals surface area contributed by atoms with Crippen molar-refractivity contribution < 1.29 is 9.90 Å². The van der Waals surface area contributed by atoms with Crippen molar-refractivity contribution in [3.63, 3.8) is 0 Å². The largest absolute Gasteiger partial charge is 0.478 e. The summed E-state index contributed by atoms with van der Waals surface area (Å²) in [7, 11) is 0. The van der Waals surface area contributed by atoms with E-state index >= 15 is 0 Å². The highest BCUT2D eigenvalue weighted by atomic mass is 16.4. The van der Waals surface area contributed by atoms with Gasteiger partial charge in [0, 0.05) is 24.9 Å². The lowest BCUT2D eigenvalue weighted by molar-refractivity contribution is -0.131. The number of nitrogens with zero attached hydrogens (tertiary/aromatic N) is 1. The first-order valence-corrected chi connectivity index (χ1v) is 7.49. The summed E-state index contributed by atoms with van der Waals surface area (Å²) in [6.07, 6.45) is 8.92. The second-order valence-electron chi connectivity index (χ2n) is 5.36. The smallest absolute Gasteiger partial charge is 0.328 e. The fraction of sp³-hybridized carbons (Fsp3) is 0.471. The molecule has 0 unspecified atom stereocenters. The van der Waals surface area contributed by atoms with Crippen LogP contribution in [0.15, 0.2) is 24.3 Å². The Balaban J connectivity index is 2.11. The van der Waals surface area contributed by atoms with Crippen molar-refractivity contribution >= 4 is 17.7 Å². The molecule has 0 fully saturated rings. The van der Waals surface area contributed by atoms with Gasteiger partial charge in [-0.25, -0.2) is 4.79 Å². The van der Waals surface area contributed by atoms with Crippen LogP contribution < -0.4 is 4.90 Å². The number of benzene rings is 1. The molecule has 3 nitrogen and oxygen atoms in total. The molecule has 20 heavy (non-hydrogen) atoms. The molecule has 0 aromatic heterocycles. The molecule has 1 N–H and O–H groups in total. The van der Waals surface area contributed by atoms with E-state index in [1.165, 1.54) is 43.0 Å². The van der Waals surface area contributed by atoms with Crippen LogP contribution in [0, 0.1) is 0 Å². The molecule has 0 atom stereocenters. The lowest BCUT2D eigenvalue weighted by atomic mass is 9.98. The van der Waals surface area contributed by atoms with Gasteiger partial charge >= 0.3 is 5.97 Å². The Bertz CT molecular complexity index is 494. The van der Waals surface area contributed by atoms with Crippen LogP contribution in [0.4, 0.5) is 5.69 Å². The van der Waals surface area contributed by atoms with Crippen molar-refractivity contribution in [3.8, 4) is 0 Å². The topological polar surface area (TPSA) is 40.5 Å². The second-order valence-corrected chi connectivity index (χ2v) is 5.36. The monoisotopic (exact) mass is 273 g/mol. The number of aliphatic carboxylic acids is 1. The summed E-state index contributed by atoms with van der Waals surface area (Å²) in [6.45, 7) is 4.50. The van der Waals surface area contributed by atoms with Gasteiger partial charge in [0.2, 0.25) is 0 Å². The van der Waals surface area contributed by atoms with Crippen LogP contribution in [0.5, 0.6) is 0 Å². The molecular weight excluding hydrogens is 250 g/mol. The molecule has 0 bridgehead atoms. The molecule has 0 saturated heterocycles. The fourth-order valence-electron chi connectivity index (χ4n) is 2.75. The molecule has 1 aliphatic rings. The van der Waals surface area contributed by atoms with E-state index in [0.29, 0.717) is 0 Å². The molecule has 108 valence electrons. The first kappa shape index (κ1) is 14.6. The highest BCUT2D eigenvalue weighted by molar-refractivity contribution is 5.85.